The maximum absolute atomic E-state index is 10.1. The predicted octanol–water partition coefficient (Wildman–Crippen LogP) is 2.40. The average molecular weight is 226 g/mol. The van der Waals surface area contributed by atoms with Crippen molar-refractivity contribution in [2.45, 2.75) is 0 Å². The topological polar surface area (TPSA) is 54.0 Å². The summed E-state index contributed by atoms with van der Waals surface area (Å²) in [5.74, 6) is -1.13. The number of carbonyl (C=O) groups excluding carboxylic acids is 2. The van der Waals surface area contributed by atoms with Crippen LogP contribution >= 0.6 is 0 Å². The first-order chi connectivity index (χ1) is 8.24. The van der Waals surface area contributed by atoms with Crippen molar-refractivity contribution in [3.05, 3.63) is 71.8 Å². The Morgan fingerprint density at radius 2 is 1.29 bits per heavy atom. The summed E-state index contributed by atoms with van der Waals surface area (Å²) in [4.78, 5) is 20.0. The standard InChI is InChI=1S/C7H5O2.C7H5O/c8-7(9)6-4-2-1-3-5-6;8-6-7-4-2-1-3-5-7/h1-5H;1-5H. The number of benzene rings is 2. The highest BCUT2D eigenvalue weighted by Crippen LogP contribution is 1.96. The molecule has 0 heterocycles. The van der Waals surface area contributed by atoms with Crippen LogP contribution in [0.2, 0.25) is 0 Å². The molecule has 0 aliphatic carbocycles. The number of carbonyl (C=O) groups is 1. The molecule has 0 unspecified atom stereocenters. The molecule has 2 rings (SSSR count). The molecule has 0 fully saturated rings. The molecule has 2 radical (unpaired) electrons. The van der Waals surface area contributed by atoms with Crippen molar-refractivity contribution in [3.8, 4) is 0 Å². The first-order valence-electron chi connectivity index (χ1n) is 4.93. The summed E-state index contributed by atoms with van der Waals surface area (Å²) in [6.45, 7) is 0. The van der Waals surface area contributed by atoms with Crippen LogP contribution < -0.4 is 0 Å². The Kier molecular flexibility index (Phi) is 5.17. The van der Waals surface area contributed by atoms with E-state index in [9.17, 15) is 14.7 Å². The lowest BCUT2D eigenvalue weighted by atomic mass is 10.2. The maximum Gasteiger partial charge on any atom is 0.386 e. The van der Waals surface area contributed by atoms with Crippen LogP contribution in [-0.2, 0) is 9.90 Å². The molecular weight excluding hydrogens is 216 g/mol. The lowest BCUT2D eigenvalue weighted by molar-refractivity contribution is 0.0573. The third-order valence-corrected chi connectivity index (χ3v) is 1.90. The van der Waals surface area contributed by atoms with Gasteiger partial charge in [0.1, 0.15) is 0 Å². The van der Waals surface area contributed by atoms with E-state index in [-0.39, 0.29) is 5.56 Å². The third-order valence-electron chi connectivity index (χ3n) is 1.90. The highest BCUT2D eigenvalue weighted by Gasteiger charge is 1.99. The zero-order valence-corrected chi connectivity index (χ0v) is 9.00. The summed E-state index contributed by atoms with van der Waals surface area (Å²) in [6.07, 6.45) is 1.78. The van der Waals surface area contributed by atoms with Crippen LogP contribution in [-0.4, -0.2) is 12.3 Å². The van der Waals surface area contributed by atoms with E-state index in [1.807, 2.05) is 6.07 Å². The Morgan fingerprint density at radius 1 is 0.824 bits per heavy atom. The van der Waals surface area contributed by atoms with Crippen molar-refractivity contribution >= 4 is 12.3 Å². The Labute approximate surface area is 99.3 Å². The van der Waals surface area contributed by atoms with Crippen molar-refractivity contribution in [2.75, 3.05) is 0 Å². The fraction of sp³-hybridized carbons (Fsp3) is 0. The molecule has 0 amide bonds. The monoisotopic (exact) mass is 226 g/mol. The van der Waals surface area contributed by atoms with Gasteiger partial charge in [0, 0.05) is 5.56 Å². The summed E-state index contributed by atoms with van der Waals surface area (Å²) in [7, 11) is 0. The summed E-state index contributed by atoms with van der Waals surface area (Å²) in [5.41, 5.74) is 0.824. The van der Waals surface area contributed by atoms with Gasteiger partial charge in [0.05, 0.1) is 5.56 Å². The molecule has 0 aromatic heterocycles. The van der Waals surface area contributed by atoms with Gasteiger partial charge < -0.3 is 0 Å². The van der Waals surface area contributed by atoms with Gasteiger partial charge in [-0.1, -0.05) is 48.5 Å². The van der Waals surface area contributed by atoms with Crippen molar-refractivity contribution in [3.63, 3.8) is 0 Å². The van der Waals surface area contributed by atoms with Gasteiger partial charge in [0.25, 0.3) is 0 Å². The number of hydrogen-bond donors (Lipinski definition) is 0. The molecule has 0 N–H and O–H groups in total. The second-order valence-electron chi connectivity index (χ2n) is 3.12. The van der Waals surface area contributed by atoms with Crippen molar-refractivity contribution in [2.24, 2.45) is 0 Å². The summed E-state index contributed by atoms with van der Waals surface area (Å²) < 4.78 is 0. The normalized spacial score (nSPS) is 8.71. The van der Waals surface area contributed by atoms with Gasteiger partial charge in [0.15, 0.2) is 0 Å². The molecule has 0 bridgehead atoms. The van der Waals surface area contributed by atoms with E-state index in [1.165, 1.54) is 12.1 Å². The third kappa shape index (κ3) is 4.75. The summed E-state index contributed by atoms with van der Waals surface area (Å²) >= 11 is 0. The second kappa shape index (κ2) is 6.95. The minimum atomic E-state index is -1.13. The van der Waals surface area contributed by atoms with E-state index < -0.39 is 5.97 Å². The van der Waals surface area contributed by atoms with E-state index in [0.717, 1.165) is 0 Å². The lowest BCUT2D eigenvalue weighted by Crippen LogP contribution is -1.91. The molecule has 2 aromatic carbocycles. The van der Waals surface area contributed by atoms with Gasteiger partial charge >= 0.3 is 5.97 Å². The van der Waals surface area contributed by atoms with Gasteiger partial charge in [-0.3, -0.25) is 4.79 Å². The zero-order chi connectivity index (χ0) is 12.5. The van der Waals surface area contributed by atoms with Gasteiger partial charge in [-0.2, -0.15) is 0 Å². The van der Waals surface area contributed by atoms with Gasteiger partial charge in [0.2, 0.25) is 6.29 Å². The minimum absolute atomic E-state index is 0.220. The van der Waals surface area contributed by atoms with Crippen LogP contribution in [0.1, 0.15) is 15.9 Å². The molecule has 17 heavy (non-hydrogen) atoms. The summed E-state index contributed by atoms with van der Waals surface area (Å²) in [5, 5.41) is 10.1. The number of hydrogen-bond acceptors (Lipinski definition) is 2. The molecule has 84 valence electrons. The predicted molar refractivity (Wildman–Crippen MR) is 62.7 cm³/mol. The summed E-state index contributed by atoms with van der Waals surface area (Å²) in [6, 6.07) is 17.0. The van der Waals surface area contributed by atoms with Crippen LogP contribution in [0.25, 0.3) is 0 Å². The highest BCUT2D eigenvalue weighted by atomic mass is 16.4. The molecular formula is C14H10O3. The van der Waals surface area contributed by atoms with Crippen LogP contribution in [0.4, 0.5) is 0 Å². The van der Waals surface area contributed by atoms with E-state index in [0.29, 0.717) is 5.56 Å². The van der Waals surface area contributed by atoms with Crippen LogP contribution in [0, 0.1) is 0 Å². The highest BCUT2D eigenvalue weighted by molar-refractivity contribution is 5.86. The molecule has 0 spiro atoms. The average Bonchev–Trinajstić information content (AvgIpc) is 2.41. The smallest absolute Gasteiger partial charge is 0.285 e. The Bertz CT molecular complexity index is 463. The van der Waals surface area contributed by atoms with E-state index in [4.69, 9.17) is 0 Å². The SMILES string of the molecule is O=[C]c1ccccc1.[O]C(=O)c1ccccc1. The fourth-order valence-corrected chi connectivity index (χ4v) is 1.08. The van der Waals surface area contributed by atoms with Crippen LogP contribution in [0.5, 0.6) is 0 Å². The Balaban J connectivity index is 0.000000171. The van der Waals surface area contributed by atoms with Crippen molar-refractivity contribution in [1.82, 2.24) is 0 Å². The van der Waals surface area contributed by atoms with Gasteiger partial charge in [-0.15, -0.1) is 0 Å². The second-order valence-corrected chi connectivity index (χ2v) is 3.12. The van der Waals surface area contributed by atoms with Crippen LogP contribution in [0.3, 0.4) is 0 Å². The molecule has 0 aliphatic heterocycles. The quantitative estimate of drug-likeness (QED) is 0.789. The van der Waals surface area contributed by atoms with Crippen molar-refractivity contribution in [1.29, 1.82) is 0 Å². The fourth-order valence-electron chi connectivity index (χ4n) is 1.08. The Morgan fingerprint density at radius 3 is 1.59 bits per heavy atom. The molecule has 0 saturated heterocycles. The van der Waals surface area contributed by atoms with E-state index in [2.05, 4.69) is 0 Å². The van der Waals surface area contributed by atoms with Crippen molar-refractivity contribution < 1.29 is 14.7 Å². The first kappa shape index (κ1) is 12.6. The Hall–Kier alpha value is -2.42. The molecule has 0 saturated carbocycles. The zero-order valence-electron chi connectivity index (χ0n) is 9.00. The largest absolute Gasteiger partial charge is 0.386 e. The first-order valence-corrected chi connectivity index (χ1v) is 4.93. The lowest BCUT2D eigenvalue weighted by Gasteiger charge is -1.85. The molecule has 3 nitrogen and oxygen atoms in total. The van der Waals surface area contributed by atoms with Gasteiger partial charge in [-0.05, 0) is 12.1 Å². The van der Waals surface area contributed by atoms with E-state index >= 15 is 0 Å². The maximum atomic E-state index is 10.1. The molecule has 0 aliphatic rings. The van der Waals surface area contributed by atoms with Crippen LogP contribution in [0.15, 0.2) is 60.7 Å². The molecule has 3 heteroatoms. The van der Waals surface area contributed by atoms with Gasteiger partial charge in [-0.25, -0.2) is 9.90 Å². The molecule has 2 aromatic rings. The van der Waals surface area contributed by atoms with E-state index in [1.54, 1.807) is 48.8 Å². The number of rotatable bonds is 2. The minimum Gasteiger partial charge on any atom is -0.285 e. The molecule has 0 atom stereocenters.